The highest BCUT2D eigenvalue weighted by Gasteiger charge is 2.43. The van der Waals surface area contributed by atoms with Crippen LogP contribution >= 0.6 is 0 Å². The molecule has 7 nitrogen and oxygen atoms in total. The summed E-state index contributed by atoms with van der Waals surface area (Å²) in [5.41, 5.74) is 1.70. The molecule has 2 saturated heterocycles. The Bertz CT molecular complexity index is 818. The number of imide groups is 1. The fourth-order valence-corrected chi connectivity index (χ4v) is 3.63. The Morgan fingerprint density at radius 3 is 2.42 bits per heavy atom. The molecule has 0 saturated carbocycles. The van der Waals surface area contributed by atoms with Crippen molar-refractivity contribution in [1.29, 1.82) is 0 Å². The van der Waals surface area contributed by atoms with Crippen LogP contribution in [0, 0.1) is 6.92 Å². The van der Waals surface area contributed by atoms with Gasteiger partial charge in [-0.05, 0) is 30.7 Å². The number of amides is 2. The van der Waals surface area contributed by atoms with Gasteiger partial charge in [-0.3, -0.25) is 14.5 Å². The first-order valence-corrected chi connectivity index (χ1v) is 8.83. The minimum Gasteiger partial charge on any atom is -0.338 e. The number of piperazine rings is 1. The second-order valence-corrected chi connectivity index (χ2v) is 6.70. The van der Waals surface area contributed by atoms with Crippen LogP contribution < -0.4 is 9.80 Å². The number of rotatable bonds is 3. The van der Waals surface area contributed by atoms with E-state index in [0.29, 0.717) is 24.7 Å². The van der Waals surface area contributed by atoms with Crippen molar-refractivity contribution < 1.29 is 9.59 Å². The van der Waals surface area contributed by atoms with Gasteiger partial charge in [0, 0.05) is 38.6 Å². The molecule has 3 heterocycles. The van der Waals surface area contributed by atoms with E-state index in [1.54, 1.807) is 18.5 Å². The summed E-state index contributed by atoms with van der Waals surface area (Å²) in [6.07, 6.45) is 3.70. The van der Waals surface area contributed by atoms with Crippen LogP contribution in [0.1, 0.15) is 12.0 Å². The highest BCUT2D eigenvalue weighted by Crippen LogP contribution is 2.27. The van der Waals surface area contributed by atoms with Gasteiger partial charge in [0.15, 0.2) is 0 Å². The van der Waals surface area contributed by atoms with Crippen LogP contribution in [-0.4, -0.2) is 58.9 Å². The number of aryl methyl sites for hydroxylation is 1. The number of hydrogen-bond donors (Lipinski definition) is 0. The summed E-state index contributed by atoms with van der Waals surface area (Å²) in [6.45, 7) is 4.86. The zero-order valence-corrected chi connectivity index (χ0v) is 14.7. The number of aromatic nitrogens is 2. The first kappa shape index (κ1) is 16.7. The summed E-state index contributed by atoms with van der Waals surface area (Å²) < 4.78 is 0. The lowest BCUT2D eigenvalue weighted by atomic mass is 10.1. The molecule has 1 atom stereocenters. The summed E-state index contributed by atoms with van der Waals surface area (Å²) >= 11 is 0. The number of carbonyl (C=O) groups excluding carboxylic acids is 2. The van der Waals surface area contributed by atoms with Crippen molar-refractivity contribution >= 4 is 23.5 Å². The molecule has 2 amide bonds. The standard InChI is InChI=1S/C19H21N5O2/c1-14-4-2-5-15(12-14)24-17(25)13-16(18(24)26)22-8-10-23(11-9-22)19-20-6-3-7-21-19/h2-7,12,16H,8-11,13H2,1H3/t16-/m0/s1. The lowest BCUT2D eigenvalue weighted by Crippen LogP contribution is -2.53. The molecule has 4 rings (SSSR count). The van der Waals surface area contributed by atoms with Gasteiger partial charge in [0.2, 0.25) is 11.9 Å². The molecule has 0 radical (unpaired) electrons. The number of carbonyl (C=O) groups is 2. The van der Waals surface area contributed by atoms with E-state index in [2.05, 4.69) is 19.8 Å². The molecular weight excluding hydrogens is 330 g/mol. The van der Waals surface area contributed by atoms with Crippen molar-refractivity contribution in [3.63, 3.8) is 0 Å². The molecule has 2 aliphatic rings. The van der Waals surface area contributed by atoms with Gasteiger partial charge < -0.3 is 4.90 Å². The number of anilines is 2. The summed E-state index contributed by atoms with van der Waals surface area (Å²) in [4.78, 5) is 39.5. The Balaban J connectivity index is 1.45. The second kappa shape index (κ2) is 6.84. The van der Waals surface area contributed by atoms with Crippen molar-refractivity contribution in [3.8, 4) is 0 Å². The van der Waals surface area contributed by atoms with E-state index in [9.17, 15) is 9.59 Å². The highest BCUT2D eigenvalue weighted by atomic mass is 16.2. The highest BCUT2D eigenvalue weighted by molar-refractivity contribution is 6.22. The largest absolute Gasteiger partial charge is 0.338 e. The predicted molar refractivity (Wildman–Crippen MR) is 97.9 cm³/mol. The second-order valence-electron chi connectivity index (χ2n) is 6.70. The van der Waals surface area contributed by atoms with E-state index >= 15 is 0 Å². The number of benzene rings is 1. The smallest absolute Gasteiger partial charge is 0.251 e. The van der Waals surface area contributed by atoms with E-state index in [1.165, 1.54) is 4.90 Å². The minimum absolute atomic E-state index is 0.120. The third-order valence-corrected chi connectivity index (χ3v) is 4.97. The van der Waals surface area contributed by atoms with Crippen molar-refractivity contribution in [1.82, 2.24) is 14.9 Å². The van der Waals surface area contributed by atoms with Crippen LogP contribution in [0.25, 0.3) is 0 Å². The van der Waals surface area contributed by atoms with Crippen LogP contribution in [0.2, 0.25) is 0 Å². The molecule has 1 aromatic carbocycles. The van der Waals surface area contributed by atoms with E-state index in [4.69, 9.17) is 0 Å². The minimum atomic E-state index is -0.373. The summed E-state index contributed by atoms with van der Waals surface area (Å²) in [6, 6.07) is 8.94. The molecular formula is C19H21N5O2. The van der Waals surface area contributed by atoms with Crippen molar-refractivity contribution in [2.24, 2.45) is 0 Å². The molecule has 1 aromatic heterocycles. The van der Waals surface area contributed by atoms with E-state index < -0.39 is 0 Å². The molecule has 26 heavy (non-hydrogen) atoms. The summed E-state index contributed by atoms with van der Waals surface area (Å²) in [5.74, 6) is 0.465. The van der Waals surface area contributed by atoms with Gasteiger partial charge in [-0.15, -0.1) is 0 Å². The fraction of sp³-hybridized carbons (Fsp3) is 0.368. The average Bonchev–Trinajstić information content (AvgIpc) is 2.97. The SMILES string of the molecule is Cc1cccc(N2C(=O)C[C@H](N3CCN(c4ncccn4)CC3)C2=O)c1. The zero-order chi connectivity index (χ0) is 18.1. The van der Waals surface area contributed by atoms with Gasteiger partial charge in [-0.1, -0.05) is 12.1 Å². The fourth-order valence-electron chi connectivity index (χ4n) is 3.63. The van der Waals surface area contributed by atoms with Crippen LogP contribution in [0.5, 0.6) is 0 Å². The van der Waals surface area contributed by atoms with Crippen molar-refractivity contribution in [2.45, 2.75) is 19.4 Å². The molecule has 0 spiro atoms. The van der Waals surface area contributed by atoms with E-state index in [1.807, 2.05) is 31.2 Å². The Morgan fingerprint density at radius 2 is 1.73 bits per heavy atom. The van der Waals surface area contributed by atoms with Gasteiger partial charge in [0.05, 0.1) is 18.2 Å². The zero-order valence-electron chi connectivity index (χ0n) is 14.7. The van der Waals surface area contributed by atoms with Crippen molar-refractivity contribution in [2.75, 3.05) is 36.0 Å². The number of hydrogen-bond acceptors (Lipinski definition) is 6. The lowest BCUT2D eigenvalue weighted by molar-refractivity contribution is -0.123. The van der Waals surface area contributed by atoms with Crippen LogP contribution in [0.15, 0.2) is 42.7 Å². The molecule has 0 N–H and O–H groups in total. The Kier molecular flexibility index (Phi) is 4.38. The molecule has 0 bridgehead atoms. The molecule has 134 valence electrons. The summed E-state index contributed by atoms with van der Waals surface area (Å²) in [7, 11) is 0. The van der Waals surface area contributed by atoms with Gasteiger partial charge in [-0.25, -0.2) is 14.9 Å². The maximum Gasteiger partial charge on any atom is 0.251 e. The molecule has 0 aliphatic carbocycles. The maximum absolute atomic E-state index is 12.9. The Labute approximate surface area is 152 Å². The Morgan fingerprint density at radius 1 is 1.00 bits per heavy atom. The summed E-state index contributed by atoms with van der Waals surface area (Å²) in [5, 5.41) is 0. The van der Waals surface area contributed by atoms with Gasteiger partial charge in [-0.2, -0.15) is 0 Å². The molecule has 2 fully saturated rings. The maximum atomic E-state index is 12.9. The monoisotopic (exact) mass is 351 g/mol. The lowest BCUT2D eigenvalue weighted by Gasteiger charge is -2.36. The van der Waals surface area contributed by atoms with Crippen molar-refractivity contribution in [3.05, 3.63) is 48.3 Å². The molecule has 2 aliphatic heterocycles. The quantitative estimate of drug-likeness (QED) is 0.775. The van der Waals surface area contributed by atoms with Gasteiger partial charge >= 0.3 is 0 Å². The van der Waals surface area contributed by atoms with E-state index in [0.717, 1.165) is 18.7 Å². The van der Waals surface area contributed by atoms with Crippen LogP contribution in [-0.2, 0) is 9.59 Å². The number of nitrogens with zero attached hydrogens (tertiary/aromatic N) is 5. The first-order chi connectivity index (χ1) is 12.6. The van der Waals surface area contributed by atoms with Crippen LogP contribution in [0.3, 0.4) is 0 Å². The van der Waals surface area contributed by atoms with E-state index in [-0.39, 0.29) is 24.3 Å². The van der Waals surface area contributed by atoms with Crippen LogP contribution in [0.4, 0.5) is 11.6 Å². The first-order valence-electron chi connectivity index (χ1n) is 8.83. The molecule has 7 heteroatoms. The third-order valence-electron chi connectivity index (χ3n) is 4.97. The van der Waals surface area contributed by atoms with Gasteiger partial charge in [0.1, 0.15) is 0 Å². The third kappa shape index (κ3) is 3.06. The molecule has 0 unspecified atom stereocenters. The molecule has 2 aromatic rings. The predicted octanol–water partition coefficient (Wildman–Crippen LogP) is 1.24. The van der Waals surface area contributed by atoms with Gasteiger partial charge in [0.25, 0.3) is 5.91 Å². The topological polar surface area (TPSA) is 69.6 Å². The normalized spacial score (nSPS) is 21.5. The Hall–Kier alpha value is -2.80. The average molecular weight is 351 g/mol.